The molecule has 0 saturated heterocycles. The lowest BCUT2D eigenvalue weighted by molar-refractivity contribution is -0.137. The zero-order valence-electron chi connectivity index (χ0n) is 11.1. The Hall–Kier alpha value is -1.03. The highest BCUT2D eigenvalue weighted by Gasteiger charge is 2.30. The summed E-state index contributed by atoms with van der Waals surface area (Å²) in [5.74, 6) is 0. The van der Waals surface area contributed by atoms with E-state index in [4.69, 9.17) is 0 Å². The van der Waals surface area contributed by atoms with Crippen LogP contribution in [0.25, 0.3) is 0 Å². The highest BCUT2D eigenvalue weighted by molar-refractivity contribution is 5.27. The third kappa shape index (κ3) is 3.96. The minimum Gasteiger partial charge on any atom is -0.307 e. The normalized spacial score (nSPS) is 19.4. The molecule has 0 aromatic heterocycles. The summed E-state index contributed by atoms with van der Waals surface area (Å²) in [6.07, 6.45) is 1.70. The third-order valence-corrected chi connectivity index (χ3v) is 3.80. The Labute approximate surface area is 112 Å². The van der Waals surface area contributed by atoms with E-state index < -0.39 is 11.7 Å². The van der Waals surface area contributed by atoms with Crippen molar-refractivity contribution in [3.8, 4) is 0 Å². The first-order chi connectivity index (χ1) is 8.97. The molecule has 4 heteroatoms. The van der Waals surface area contributed by atoms with Crippen LogP contribution < -0.4 is 5.32 Å². The Balaban J connectivity index is 2.04. The Morgan fingerprint density at radius 2 is 1.84 bits per heavy atom. The molecule has 1 aromatic rings. The van der Waals surface area contributed by atoms with Crippen LogP contribution in [0.2, 0.25) is 0 Å². The van der Waals surface area contributed by atoms with Crippen molar-refractivity contribution in [2.45, 2.75) is 57.3 Å². The summed E-state index contributed by atoms with van der Waals surface area (Å²) in [7, 11) is 0. The molecule has 1 aromatic carbocycles. The molecule has 19 heavy (non-hydrogen) atoms. The van der Waals surface area contributed by atoms with Gasteiger partial charge in [-0.3, -0.25) is 0 Å². The Kier molecular flexibility index (Phi) is 4.50. The highest BCUT2D eigenvalue weighted by Crippen LogP contribution is 2.31. The molecule has 0 radical (unpaired) electrons. The van der Waals surface area contributed by atoms with Crippen molar-refractivity contribution in [3.63, 3.8) is 0 Å². The van der Waals surface area contributed by atoms with E-state index in [9.17, 15) is 13.2 Å². The molecule has 1 aliphatic rings. The molecular weight excluding hydrogens is 251 g/mol. The summed E-state index contributed by atoms with van der Waals surface area (Å²) in [6.45, 7) is 1.93. The molecule has 1 atom stereocenters. The van der Waals surface area contributed by atoms with Gasteiger partial charge in [-0.05, 0) is 37.5 Å². The predicted molar refractivity (Wildman–Crippen MR) is 69.9 cm³/mol. The van der Waals surface area contributed by atoms with Crippen LogP contribution in [0.1, 0.15) is 56.2 Å². The number of benzene rings is 1. The zero-order valence-corrected chi connectivity index (χ0v) is 11.1. The van der Waals surface area contributed by atoms with Crippen LogP contribution in [0.15, 0.2) is 24.3 Å². The lowest BCUT2D eigenvalue weighted by atomic mass is 9.94. The summed E-state index contributed by atoms with van der Waals surface area (Å²) in [5.41, 5.74) is 0.141. The largest absolute Gasteiger partial charge is 0.416 e. The first-order valence-electron chi connectivity index (χ1n) is 6.90. The van der Waals surface area contributed by atoms with Gasteiger partial charge < -0.3 is 5.32 Å². The van der Waals surface area contributed by atoms with Crippen molar-refractivity contribution in [2.24, 2.45) is 0 Å². The molecule has 1 nitrogen and oxygen atoms in total. The molecule has 0 spiro atoms. The SMILES string of the molecule is CC(NC1CCCCC1)c1cccc(C(F)(F)F)c1. The monoisotopic (exact) mass is 271 g/mol. The van der Waals surface area contributed by atoms with Crippen LogP contribution in [0.4, 0.5) is 13.2 Å². The van der Waals surface area contributed by atoms with Crippen LogP contribution in [-0.2, 0) is 6.18 Å². The molecule has 0 amide bonds. The fourth-order valence-electron chi connectivity index (χ4n) is 2.70. The second-order valence-electron chi connectivity index (χ2n) is 5.35. The number of rotatable bonds is 3. The maximum atomic E-state index is 12.7. The van der Waals surface area contributed by atoms with Gasteiger partial charge in [0.05, 0.1) is 5.56 Å². The molecule has 1 fully saturated rings. The fraction of sp³-hybridized carbons (Fsp3) is 0.600. The third-order valence-electron chi connectivity index (χ3n) is 3.80. The standard InChI is InChI=1S/C15H20F3N/c1-11(19-14-8-3-2-4-9-14)12-6-5-7-13(10-12)15(16,17)18/h5-7,10-11,14,19H,2-4,8-9H2,1H3. The van der Waals surface area contributed by atoms with Gasteiger partial charge in [-0.25, -0.2) is 0 Å². The van der Waals surface area contributed by atoms with Crippen molar-refractivity contribution in [1.29, 1.82) is 0 Å². The molecule has 1 saturated carbocycles. The lowest BCUT2D eigenvalue weighted by Gasteiger charge is -2.27. The average molecular weight is 271 g/mol. The molecule has 1 N–H and O–H groups in total. The molecule has 0 heterocycles. The number of hydrogen-bond donors (Lipinski definition) is 1. The quantitative estimate of drug-likeness (QED) is 0.841. The predicted octanol–water partition coefficient (Wildman–Crippen LogP) is 4.69. The van der Waals surface area contributed by atoms with E-state index in [0.29, 0.717) is 11.6 Å². The first-order valence-corrected chi connectivity index (χ1v) is 6.90. The van der Waals surface area contributed by atoms with E-state index in [2.05, 4.69) is 5.32 Å². The molecule has 2 rings (SSSR count). The van der Waals surface area contributed by atoms with E-state index in [-0.39, 0.29) is 6.04 Å². The Morgan fingerprint density at radius 1 is 1.16 bits per heavy atom. The van der Waals surface area contributed by atoms with Crippen LogP contribution in [-0.4, -0.2) is 6.04 Å². The van der Waals surface area contributed by atoms with Crippen molar-refractivity contribution >= 4 is 0 Å². The van der Waals surface area contributed by atoms with Gasteiger partial charge in [0.2, 0.25) is 0 Å². The molecule has 1 unspecified atom stereocenters. The van der Waals surface area contributed by atoms with Crippen molar-refractivity contribution < 1.29 is 13.2 Å². The van der Waals surface area contributed by atoms with E-state index in [1.807, 2.05) is 6.92 Å². The minimum atomic E-state index is -4.26. The summed E-state index contributed by atoms with van der Waals surface area (Å²) >= 11 is 0. The van der Waals surface area contributed by atoms with Crippen molar-refractivity contribution in [2.75, 3.05) is 0 Å². The number of alkyl halides is 3. The van der Waals surface area contributed by atoms with Gasteiger partial charge in [-0.2, -0.15) is 13.2 Å². The fourth-order valence-corrected chi connectivity index (χ4v) is 2.70. The average Bonchev–Trinajstić information content (AvgIpc) is 2.39. The van der Waals surface area contributed by atoms with Crippen molar-refractivity contribution in [3.05, 3.63) is 35.4 Å². The maximum Gasteiger partial charge on any atom is 0.416 e. The van der Waals surface area contributed by atoms with Gasteiger partial charge in [-0.1, -0.05) is 31.4 Å². The van der Waals surface area contributed by atoms with Crippen LogP contribution in [0.3, 0.4) is 0 Å². The molecular formula is C15H20F3N. The first kappa shape index (κ1) is 14.4. The molecule has 1 aliphatic carbocycles. The smallest absolute Gasteiger partial charge is 0.307 e. The van der Waals surface area contributed by atoms with E-state index in [0.717, 1.165) is 18.9 Å². The van der Waals surface area contributed by atoms with Gasteiger partial charge in [0.1, 0.15) is 0 Å². The van der Waals surface area contributed by atoms with E-state index in [1.165, 1.54) is 31.4 Å². The Morgan fingerprint density at radius 3 is 2.47 bits per heavy atom. The summed E-state index contributed by atoms with van der Waals surface area (Å²) in [4.78, 5) is 0. The molecule has 0 aliphatic heterocycles. The maximum absolute atomic E-state index is 12.7. The molecule has 106 valence electrons. The Bertz CT molecular complexity index is 408. The van der Waals surface area contributed by atoms with Crippen molar-refractivity contribution in [1.82, 2.24) is 5.32 Å². The van der Waals surface area contributed by atoms with Crippen LogP contribution in [0, 0.1) is 0 Å². The van der Waals surface area contributed by atoms with Gasteiger partial charge >= 0.3 is 6.18 Å². The van der Waals surface area contributed by atoms with Gasteiger partial charge in [0, 0.05) is 12.1 Å². The minimum absolute atomic E-state index is 0.0367. The molecule has 0 bridgehead atoms. The number of halogens is 3. The summed E-state index contributed by atoms with van der Waals surface area (Å²) in [6, 6.07) is 6.02. The number of hydrogen-bond acceptors (Lipinski definition) is 1. The number of nitrogens with one attached hydrogen (secondary N) is 1. The van der Waals surface area contributed by atoms with Crippen LogP contribution >= 0.6 is 0 Å². The van der Waals surface area contributed by atoms with E-state index in [1.54, 1.807) is 6.07 Å². The van der Waals surface area contributed by atoms with E-state index >= 15 is 0 Å². The zero-order chi connectivity index (χ0) is 13.9. The second kappa shape index (κ2) is 5.95. The van der Waals surface area contributed by atoms with Gasteiger partial charge in [-0.15, -0.1) is 0 Å². The topological polar surface area (TPSA) is 12.0 Å². The van der Waals surface area contributed by atoms with Gasteiger partial charge in [0.15, 0.2) is 0 Å². The van der Waals surface area contributed by atoms with Gasteiger partial charge in [0.25, 0.3) is 0 Å². The second-order valence-corrected chi connectivity index (χ2v) is 5.35. The lowest BCUT2D eigenvalue weighted by Crippen LogP contribution is -2.33. The summed E-state index contributed by atoms with van der Waals surface area (Å²) in [5, 5.41) is 3.45. The summed E-state index contributed by atoms with van der Waals surface area (Å²) < 4.78 is 38.0. The highest BCUT2D eigenvalue weighted by atomic mass is 19.4. The van der Waals surface area contributed by atoms with Crippen LogP contribution in [0.5, 0.6) is 0 Å².